The molecule has 1 aliphatic heterocycles. The number of rotatable bonds is 3. The SMILES string of the molecule is Clc1ccc(-c2ncc3c(n2)CCN(Cc2cn[nH]c2)C3)cc1. The summed E-state index contributed by atoms with van der Waals surface area (Å²) in [5.41, 5.74) is 4.55. The maximum absolute atomic E-state index is 5.94. The summed E-state index contributed by atoms with van der Waals surface area (Å²) >= 11 is 5.94. The Labute approximate surface area is 139 Å². The molecule has 116 valence electrons. The van der Waals surface area contributed by atoms with Crippen molar-refractivity contribution in [3.8, 4) is 11.4 Å². The smallest absolute Gasteiger partial charge is 0.159 e. The van der Waals surface area contributed by atoms with Gasteiger partial charge in [-0.05, 0) is 24.3 Å². The number of benzene rings is 1. The highest BCUT2D eigenvalue weighted by molar-refractivity contribution is 6.30. The van der Waals surface area contributed by atoms with Crippen LogP contribution in [0.25, 0.3) is 11.4 Å². The summed E-state index contributed by atoms with van der Waals surface area (Å²) in [4.78, 5) is 11.7. The van der Waals surface area contributed by atoms with Crippen LogP contribution in [0.15, 0.2) is 42.9 Å². The Balaban J connectivity index is 1.53. The number of H-pyrrole nitrogens is 1. The van der Waals surface area contributed by atoms with Crippen LogP contribution in [-0.4, -0.2) is 31.6 Å². The molecule has 1 N–H and O–H groups in total. The normalized spacial score (nSPS) is 14.7. The van der Waals surface area contributed by atoms with Crippen molar-refractivity contribution in [3.63, 3.8) is 0 Å². The minimum absolute atomic E-state index is 0.724. The van der Waals surface area contributed by atoms with Gasteiger partial charge < -0.3 is 0 Å². The molecule has 2 aromatic heterocycles. The van der Waals surface area contributed by atoms with E-state index in [1.165, 1.54) is 11.1 Å². The van der Waals surface area contributed by atoms with Crippen molar-refractivity contribution < 1.29 is 0 Å². The van der Waals surface area contributed by atoms with E-state index in [0.29, 0.717) is 0 Å². The fourth-order valence-electron chi connectivity index (χ4n) is 2.87. The minimum Gasteiger partial charge on any atom is -0.294 e. The van der Waals surface area contributed by atoms with Gasteiger partial charge in [-0.3, -0.25) is 10.00 Å². The largest absolute Gasteiger partial charge is 0.294 e. The molecule has 0 amide bonds. The van der Waals surface area contributed by atoms with Crippen molar-refractivity contribution >= 4 is 11.6 Å². The van der Waals surface area contributed by atoms with E-state index in [4.69, 9.17) is 16.6 Å². The Morgan fingerprint density at radius 1 is 1.17 bits per heavy atom. The fourth-order valence-corrected chi connectivity index (χ4v) is 3.00. The molecule has 0 aliphatic carbocycles. The molecule has 3 heterocycles. The van der Waals surface area contributed by atoms with Gasteiger partial charge in [0.1, 0.15) is 0 Å². The lowest BCUT2D eigenvalue weighted by Crippen LogP contribution is -2.30. The number of aromatic nitrogens is 4. The molecule has 0 saturated heterocycles. The van der Waals surface area contributed by atoms with Gasteiger partial charge in [0, 0.05) is 60.2 Å². The molecule has 0 atom stereocenters. The van der Waals surface area contributed by atoms with Crippen LogP contribution in [0.4, 0.5) is 0 Å². The molecule has 0 saturated carbocycles. The zero-order valence-corrected chi connectivity index (χ0v) is 13.3. The van der Waals surface area contributed by atoms with Crippen molar-refractivity contribution in [2.45, 2.75) is 19.5 Å². The number of hydrogen-bond acceptors (Lipinski definition) is 4. The molecule has 23 heavy (non-hydrogen) atoms. The van der Waals surface area contributed by atoms with Crippen molar-refractivity contribution in [2.24, 2.45) is 0 Å². The van der Waals surface area contributed by atoms with Crippen LogP contribution in [0.1, 0.15) is 16.8 Å². The molecule has 5 nitrogen and oxygen atoms in total. The predicted molar refractivity (Wildman–Crippen MR) is 88.9 cm³/mol. The molecule has 6 heteroatoms. The summed E-state index contributed by atoms with van der Waals surface area (Å²) in [6.45, 7) is 2.77. The van der Waals surface area contributed by atoms with Crippen LogP contribution in [0.5, 0.6) is 0 Å². The number of aromatic amines is 1. The van der Waals surface area contributed by atoms with Gasteiger partial charge >= 0.3 is 0 Å². The number of halogens is 1. The summed E-state index contributed by atoms with van der Waals surface area (Å²) in [5.74, 6) is 0.767. The summed E-state index contributed by atoms with van der Waals surface area (Å²) in [6, 6.07) is 7.65. The van der Waals surface area contributed by atoms with Gasteiger partial charge in [0.05, 0.1) is 11.9 Å². The maximum atomic E-state index is 5.94. The molecule has 4 rings (SSSR count). The summed E-state index contributed by atoms with van der Waals surface area (Å²) in [7, 11) is 0. The van der Waals surface area contributed by atoms with Crippen molar-refractivity contribution in [1.29, 1.82) is 0 Å². The molecule has 3 aromatic rings. The van der Waals surface area contributed by atoms with Gasteiger partial charge in [0.25, 0.3) is 0 Å². The summed E-state index contributed by atoms with van der Waals surface area (Å²) in [5, 5.41) is 7.58. The summed E-state index contributed by atoms with van der Waals surface area (Å²) in [6.07, 6.45) is 6.70. The van der Waals surface area contributed by atoms with E-state index in [1.807, 2.05) is 42.9 Å². The Bertz CT molecular complexity index is 798. The molecule has 1 aliphatic rings. The minimum atomic E-state index is 0.724. The van der Waals surface area contributed by atoms with Crippen LogP contribution in [0, 0.1) is 0 Å². The number of hydrogen-bond donors (Lipinski definition) is 1. The van der Waals surface area contributed by atoms with Crippen LogP contribution in [0.2, 0.25) is 5.02 Å². The molecule has 0 radical (unpaired) electrons. The van der Waals surface area contributed by atoms with E-state index in [2.05, 4.69) is 20.1 Å². The molecule has 0 unspecified atom stereocenters. The summed E-state index contributed by atoms with van der Waals surface area (Å²) < 4.78 is 0. The van der Waals surface area contributed by atoms with Crippen LogP contribution < -0.4 is 0 Å². The molecule has 1 aromatic carbocycles. The average molecular weight is 326 g/mol. The lowest BCUT2D eigenvalue weighted by Gasteiger charge is -2.27. The van der Waals surface area contributed by atoms with Gasteiger partial charge in [-0.15, -0.1) is 0 Å². The van der Waals surface area contributed by atoms with Gasteiger partial charge in [0.15, 0.2) is 5.82 Å². The predicted octanol–water partition coefficient (Wildman–Crippen LogP) is 3.08. The second-order valence-corrected chi connectivity index (χ2v) is 6.18. The highest BCUT2D eigenvalue weighted by Gasteiger charge is 2.19. The Hall–Kier alpha value is -2.24. The highest BCUT2D eigenvalue weighted by Crippen LogP contribution is 2.23. The fraction of sp³-hybridized carbons (Fsp3) is 0.235. The number of nitrogens with one attached hydrogen (secondary N) is 1. The highest BCUT2D eigenvalue weighted by atomic mass is 35.5. The lowest BCUT2D eigenvalue weighted by atomic mass is 10.1. The third-order valence-electron chi connectivity index (χ3n) is 4.08. The second kappa shape index (κ2) is 6.10. The monoisotopic (exact) mass is 325 g/mol. The zero-order chi connectivity index (χ0) is 15.6. The first-order chi connectivity index (χ1) is 11.3. The zero-order valence-electron chi connectivity index (χ0n) is 12.5. The first kappa shape index (κ1) is 14.4. The Morgan fingerprint density at radius 3 is 2.83 bits per heavy atom. The molecular formula is C17H16ClN5. The van der Waals surface area contributed by atoms with Crippen molar-refractivity contribution in [1.82, 2.24) is 25.1 Å². The van der Waals surface area contributed by atoms with E-state index >= 15 is 0 Å². The van der Waals surface area contributed by atoms with Crippen LogP contribution in [-0.2, 0) is 19.5 Å². The third-order valence-corrected chi connectivity index (χ3v) is 4.33. The molecular weight excluding hydrogens is 310 g/mol. The van der Waals surface area contributed by atoms with E-state index in [9.17, 15) is 0 Å². The third kappa shape index (κ3) is 3.11. The van der Waals surface area contributed by atoms with Gasteiger partial charge in [-0.1, -0.05) is 11.6 Å². The van der Waals surface area contributed by atoms with Gasteiger partial charge in [0.2, 0.25) is 0 Å². The second-order valence-electron chi connectivity index (χ2n) is 5.74. The first-order valence-corrected chi connectivity index (χ1v) is 7.96. The number of fused-ring (bicyclic) bond motifs is 1. The lowest BCUT2D eigenvalue weighted by molar-refractivity contribution is 0.243. The van der Waals surface area contributed by atoms with Crippen LogP contribution in [0.3, 0.4) is 0 Å². The Kier molecular flexibility index (Phi) is 3.81. The van der Waals surface area contributed by atoms with Crippen LogP contribution >= 0.6 is 11.6 Å². The average Bonchev–Trinajstić information content (AvgIpc) is 3.08. The quantitative estimate of drug-likeness (QED) is 0.804. The van der Waals surface area contributed by atoms with Crippen molar-refractivity contribution in [2.75, 3.05) is 6.54 Å². The van der Waals surface area contributed by atoms with Crippen molar-refractivity contribution in [3.05, 3.63) is 64.7 Å². The van der Waals surface area contributed by atoms with E-state index in [1.54, 1.807) is 0 Å². The Morgan fingerprint density at radius 2 is 2.04 bits per heavy atom. The topological polar surface area (TPSA) is 57.7 Å². The van der Waals surface area contributed by atoms with E-state index in [0.717, 1.165) is 48.2 Å². The standard InChI is InChI=1S/C17H16ClN5/c18-15-3-1-13(2-4-15)17-19-9-14-11-23(6-5-16(14)22-17)10-12-7-20-21-8-12/h1-4,7-9H,5-6,10-11H2,(H,20,21). The van der Waals surface area contributed by atoms with E-state index in [-0.39, 0.29) is 0 Å². The maximum Gasteiger partial charge on any atom is 0.159 e. The van der Waals surface area contributed by atoms with E-state index < -0.39 is 0 Å². The van der Waals surface area contributed by atoms with Gasteiger partial charge in [-0.2, -0.15) is 5.10 Å². The molecule has 0 fully saturated rings. The van der Waals surface area contributed by atoms with Gasteiger partial charge in [-0.25, -0.2) is 9.97 Å². The first-order valence-electron chi connectivity index (χ1n) is 7.59. The molecule has 0 bridgehead atoms. The number of nitrogens with zero attached hydrogens (tertiary/aromatic N) is 4. The molecule has 0 spiro atoms.